The van der Waals surface area contributed by atoms with Crippen LogP contribution in [0.25, 0.3) is 0 Å². The highest BCUT2D eigenvalue weighted by Gasteiger charge is 2.35. The maximum Gasteiger partial charge on any atom is 0.243 e. The number of nitrogens with zero attached hydrogens (tertiary/aromatic N) is 2. The standard InChI is InChI=1S/C26H33N3O7S/c1-26(2,12-6-7-13-27)17-29(37(33,34)20-10-11-23-24(15-20)36-18-35-23)16-22(30)21(28-25(31)32)14-19-8-4-3-5-9-19/h3-5,8-11,15,21-22,28,30H,6-7,12,14,16-18H2,1-2H3,(H,31,32)/p-1. The molecule has 2 N–H and O–H groups in total. The van der Waals surface area contributed by atoms with Crippen molar-refractivity contribution in [2.75, 3.05) is 19.9 Å². The van der Waals surface area contributed by atoms with Gasteiger partial charge < -0.3 is 29.8 Å². The van der Waals surface area contributed by atoms with E-state index in [9.17, 15) is 23.4 Å². The van der Waals surface area contributed by atoms with Gasteiger partial charge in [-0.05, 0) is 42.4 Å². The summed E-state index contributed by atoms with van der Waals surface area (Å²) in [5, 5.41) is 33.6. The van der Waals surface area contributed by atoms with Gasteiger partial charge in [-0.2, -0.15) is 9.57 Å². The highest BCUT2D eigenvalue weighted by atomic mass is 32.2. The molecule has 10 nitrogen and oxygen atoms in total. The first-order chi connectivity index (χ1) is 17.5. The normalized spacial score (nSPS) is 14.7. The number of benzene rings is 2. The third kappa shape index (κ3) is 7.82. The molecule has 0 spiro atoms. The zero-order chi connectivity index (χ0) is 27.1. The predicted molar refractivity (Wildman–Crippen MR) is 133 cm³/mol. The molecule has 0 saturated heterocycles. The minimum absolute atomic E-state index is 0.0107. The van der Waals surface area contributed by atoms with E-state index in [0.717, 1.165) is 9.87 Å². The summed E-state index contributed by atoms with van der Waals surface area (Å²) in [6.45, 7) is 3.44. The van der Waals surface area contributed by atoms with Gasteiger partial charge in [-0.25, -0.2) is 8.42 Å². The Kier molecular flexibility index (Phi) is 9.37. The molecule has 3 rings (SSSR count). The Morgan fingerprint density at radius 2 is 1.92 bits per heavy atom. The summed E-state index contributed by atoms with van der Waals surface area (Å²) in [5.41, 5.74) is 0.235. The van der Waals surface area contributed by atoms with Crippen LogP contribution in [0.5, 0.6) is 11.5 Å². The van der Waals surface area contributed by atoms with E-state index < -0.39 is 33.7 Å². The fourth-order valence-electron chi connectivity index (χ4n) is 4.28. The number of hydrogen-bond donors (Lipinski definition) is 2. The first-order valence-electron chi connectivity index (χ1n) is 12.0. The molecule has 0 bridgehead atoms. The molecule has 2 atom stereocenters. The summed E-state index contributed by atoms with van der Waals surface area (Å²) in [4.78, 5) is 11.3. The molecule has 2 aromatic carbocycles. The van der Waals surface area contributed by atoms with Crippen molar-refractivity contribution in [1.82, 2.24) is 9.62 Å². The van der Waals surface area contributed by atoms with Gasteiger partial charge in [0.1, 0.15) is 6.09 Å². The topological polar surface area (TPSA) is 152 Å². The molecular formula is C26H32N3O7S-. The molecule has 37 heavy (non-hydrogen) atoms. The Morgan fingerprint density at radius 3 is 2.59 bits per heavy atom. The van der Waals surface area contributed by atoms with Crippen molar-refractivity contribution in [1.29, 1.82) is 5.26 Å². The van der Waals surface area contributed by atoms with Crippen LogP contribution < -0.4 is 19.9 Å². The SMILES string of the molecule is CC(C)(CCCC#N)CN(CC(O)C(Cc1ccccc1)NC(=O)[O-])S(=O)(=O)c1ccc2c(c1)OCO2. The van der Waals surface area contributed by atoms with Gasteiger partial charge in [-0.3, -0.25) is 0 Å². The number of unbranched alkanes of at least 4 members (excludes halogenated alkanes) is 1. The summed E-state index contributed by atoms with van der Waals surface area (Å²) < 4.78 is 39.4. The fraction of sp³-hybridized carbons (Fsp3) is 0.462. The van der Waals surface area contributed by atoms with E-state index in [1.54, 1.807) is 24.3 Å². The van der Waals surface area contributed by atoms with Crippen molar-refractivity contribution in [2.45, 2.75) is 56.6 Å². The van der Waals surface area contributed by atoms with Gasteiger partial charge in [0.15, 0.2) is 11.5 Å². The van der Waals surface area contributed by atoms with Crippen LogP contribution in [0.3, 0.4) is 0 Å². The maximum absolute atomic E-state index is 13.8. The van der Waals surface area contributed by atoms with Gasteiger partial charge in [0.05, 0.1) is 23.1 Å². The summed E-state index contributed by atoms with van der Waals surface area (Å²) in [7, 11) is -4.13. The second kappa shape index (κ2) is 12.3. The van der Waals surface area contributed by atoms with Crippen LogP contribution in [0, 0.1) is 16.7 Å². The number of aliphatic hydroxyl groups is 1. The van der Waals surface area contributed by atoms with Crippen LogP contribution in [0.2, 0.25) is 0 Å². The zero-order valence-electron chi connectivity index (χ0n) is 20.9. The van der Waals surface area contributed by atoms with E-state index in [4.69, 9.17) is 14.7 Å². The predicted octanol–water partition coefficient (Wildman–Crippen LogP) is 2.03. The third-order valence-corrected chi connectivity index (χ3v) is 7.99. The molecule has 0 aromatic heterocycles. The van der Waals surface area contributed by atoms with Crippen LogP contribution in [-0.4, -0.2) is 56.0 Å². The zero-order valence-corrected chi connectivity index (χ0v) is 21.7. The Labute approximate surface area is 217 Å². The molecule has 1 amide bonds. The lowest BCUT2D eigenvalue weighted by atomic mass is 9.87. The van der Waals surface area contributed by atoms with E-state index in [-0.39, 0.29) is 31.2 Å². The van der Waals surface area contributed by atoms with E-state index in [1.165, 1.54) is 18.2 Å². The van der Waals surface area contributed by atoms with Crippen LogP contribution in [0.15, 0.2) is 53.4 Å². The van der Waals surface area contributed by atoms with Gasteiger partial charge in [-0.1, -0.05) is 44.2 Å². The van der Waals surface area contributed by atoms with Crippen molar-refractivity contribution >= 4 is 16.1 Å². The first kappa shape index (κ1) is 28.2. The second-order valence-corrected chi connectivity index (χ2v) is 11.7. The van der Waals surface area contributed by atoms with Crippen molar-refractivity contribution in [3.63, 3.8) is 0 Å². The van der Waals surface area contributed by atoms with E-state index in [0.29, 0.717) is 30.8 Å². The number of hydrogen-bond acceptors (Lipinski definition) is 8. The van der Waals surface area contributed by atoms with Gasteiger partial charge in [-0.15, -0.1) is 0 Å². The van der Waals surface area contributed by atoms with Crippen molar-refractivity contribution in [3.05, 3.63) is 54.1 Å². The van der Waals surface area contributed by atoms with Gasteiger partial charge in [0.2, 0.25) is 16.8 Å². The minimum Gasteiger partial charge on any atom is -0.530 e. The molecule has 2 aromatic rings. The number of carboxylic acid groups (broad SMARTS) is 1. The summed E-state index contributed by atoms with van der Waals surface area (Å²) in [5.74, 6) is 0.735. The number of aliphatic hydroxyl groups excluding tert-OH is 1. The summed E-state index contributed by atoms with van der Waals surface area (Å²) in [6, 6.07) is 14.3. The Hall–Kier alpha value is -3.33. The number of nitriles is 1. The number of carbonyl (C=O) groups is 1. The molecule has 0 radical (unpaired) electrons. The lowest BCUT2D eigenvalue weighted by Crippen LogP contribution is -2.54. The van der Waals surface area contributed by atoms with E-state index in [1.807, 2.05) is 19.9 Å². The maximum atomic E-state index is 13.8. The average molecular weight is 531 g/mol. The third-order valence-electron chi connectivity index (χ3n) is 6.19. The summed E-state index contributed by atoms with van der Waals surface area (Å²) in [6.07, 6.45) is -1.30. The number of nitrogens with one attached hydrogen (secondary N) is 1. The van der Waals surface area contributed by atoms with Crippen molar-refractivity contribution < 1.29 is 32.9 Å². The largest absolute Gasteiger partial charge is 0.530 e. The number of rotatable bonds is 13. The van der Waals surface area contributed by atoms with Gasteiger partial charge >= 0.3 is 0 Å². The van der Waals surface area contributed by atoms with Crippen molar-refractivity contribution in [3.8, 4) is 17.6 Å². The minimum atomic E-state index is -4.13. The van der Waals surface area contributed by atoms with Crippen LogP contribution >= 0.6 is 0 Å². The molecule has 0 aliphatic carbocycles. The number of sulfonamides is 1. The van der Waals surface area contributed by atoms with Gasteiger partial charge in [0, 0.05) is 25.6 Å². The lowest BCUT2D eigenvalue weighted by Gasteiger charge is -2.35. The van der Waals surface area contributed by atoms with Gasteiger partial charge in [0.25, 0.3) is 0 Å². The van der Waals surface area contributed by atoms with Crippen LogP contribution in [0.1, 0.15) is 38.7 Å². The molecule has 2 unspecified atom stereocenters. The second-order valence-electron chi connectivity index (χ2n) is 9.78. The van der Waals surface area contributed by atoms with Crippen LogP contribution in [-0.2, 0) is 16.4 Å². The molecule has 1 aliphatic heterocycles. The lowest BCUT2D eigenvalue weighted by molar-refractivity contribution is -0.252. The highest BCUT2D eigenvalue weighted by Crippen LogP contribution is 2.35. The molecule has 11 heteroatoms. The van der Waals surface area contributed by atoms with Crippen molar-refractivity contribution in [2.24, 2.45) is 5.41 Å². The molecule has 200 valence electrons. The first-order valence-corrected chi connectivity index (χ1v) is 13.4. The monoisotopic (exact) mass is 530 g/mol. The van der Waals surface area contributed by atoms with E-state index in [2.05, 4.69) is 11.4 Å². The molecule has 0 saturated carbocycles. The Balaban J connectivity index is 1.90. The van der Waals surface area contributed by atoms with E-state index >= 15 is 0 Å². The number of ether oxygens (including phenoxy) is 2. The smallest absolute Gasteiger partial charge is 0.243 e. The molecule has 1 aliphatic rings. The number of carbonyl (C=O) groups excluding carboxylic acids is 1. The number of amides is 1. The Bertz CT molecular complexity index is 1210. The molecule has 1 heterocycles. The molecular weight excluding hydrogens is 498 g/mol. The van der Waals surface area contributed by atoms with Crippen LogP contribution in [0.4, 0.5) is 4.79 Å². The average Bonchev–Trinajstić information content (AvgIpc) is 3.31. The number of fused-ring (bicyclic) bond motifs is 1. The molecule has 0 fully saturated rings. The highest BCUT2D eigenvalue weighted by molar-refractivity contribution is 7.89. The summed E-state index contributed by atoms with van der Waals surface area (Å²) >= 11 is 0. The Morgan fingerprint density at radius 1 is 1.22 bits per heavy atom. The fourth-order valence-corrected chi connectivity index (χ4v) is 5.94. The quantitative estimate of drug-likeness (QED) is 0.373.